The summed E-state index contributed by atoms with van der Waals surface area (Å²) < 4.78 is 6.04. The van der Waals surface area contributed by atoms with Crippen molar-refractivity contribution in [2.75, 3.05) is 13.1 Å². The Hall–Kier alpha value is -1.20. The highest BCUT2D eigenvalue weighted by Crippen LogP contribution is 2.30. The molecule has 5 heteroatoms. The van der Waals surface area contributed by atoms with Crippen LogP contribution in [0.25, 0.3) is 10.2 Å². The van der Waals surface area contributed by atoms with Gasteiger partial charge in [0.15, 0.2) is 0 Å². The van der Waals surface area contributed by atoms with Crippen molar-refractivity contribution in [3.63, 3.8) is 0 Å². The van der Waals surface area contributed by atoms with Crippen LogP contribution in [0.3, 0.4) is 0 Å². The fraction of sp³-hybridized carbons (Fsp3) is 0.538. The molecule has 1 aliphatic heterocycles. The number of hydrogen-bond acceptors (Lipinski definition) is 5. The molecular weight excluding hydrogens is 246 g/mol. The number of nitrogens with zero attached hydrogens (tertiary/aromatic N) is 2. The summed E-state index contributed by atoms with van der Waals surface area (Å²) in [7, 11) is 0. The van der Waals surface area contributed by atoms with Crippen molar-refractivity contribution in [2.45, 2.75) is 32.3 Å². The normalized spacial score (nSPS) is 17.2. The Morgan fingerprint density at radius 1 is 1.39 bits per heavy atom. The van der Waals surface area contributed by atoms with Gasteiger partial charge < -0.3 is 10.1 Å². The molecule has 0 saturated carbocycles. The van der Waals surface area contributed by atoms with E-state index >= 15 is 0 Å². The molecule has 0 unspecified atom stereocenters. The molecule has 0 amide bonds. The van der Waals surface area contributed by atoms with E-state index < -0.39 is 0 Å². The van der Waals surface area contributed by atoms with Crippen LogP contribution in [0, 0.1) is 0 Å². The maximum Gasteiger partial charge on any atom is 0.225 e. The molecule has 1 aliphatic rings. The molecule has 0 bridgehead atoms. The molecule has 0 aromatic carbocycles. The lowest BCUT2D eigenvalue weighted by Crippen LogP contribution is -2.34. The first-order valence-corrected chi connectivity index (χ1v) is 7.29. The number of ether oxygens (including phenoxy) is 1. The van der Waals surface area contributed by atoms with Crippen molar-refractivity contribution in [3.05, 3.63) is 17.3 Å². The third kappa shape index (κ3) is 2.33. The van der Waals surface area contributed by atoms with Crippen LogP contribution in [0.15, 0.2) is 12.4 Å². The van der Waals surface area contributed by atoms with E-state index in [0.717, 1.165) is 48.4 Å². The van der Waals surface area contributed by atoms with Gasteiger partial charge in [-0.3, -0.25) is 0 Å². The monoisotopic (exact) mass is 263 g/mol. The molecule has 4 nitrogen and oxygen atoms in total. The zero-order valence-electron chi connectivity index (χ0n) is 10.5. The molecule has 0 aliphatic carbocycles. The van der Waals surface area contributed by atoms with E-state index in [1.54, 1.807) is 17.7 Å². The molecule has 1 saturated heterocycles. The number of thiophene rings is 1. The number of hydrogen-bond donors (Lipinski definition) is 1. The largest absolute Gasteiger partial charge is 0.474 e. The zero-order chi connectivity index (χ0) is 12.4. The predicted molar refractivity (Wildman–Crippen MR) is 73.3 cm³/mol. The highest BCUT2D eigenvalue weighted by Gasteiger charge is 2.17. The summed E-state index contributed by atoms with van der Waals surface area (Å²) in [4.78, 5) is 11.0. The second-order valence-electron chi connectivity index (χ2n) is 4.53. The fourth-order valence-corrected chi connectivity index (χ4v) is 3.15. The van der Waals surface area contributed by atoms with Gasteiger partial charge in [-0.25, -0.2) is 9.97 Å². The van der Waals surface area contributed by atoms with Gasteiger partial charge >= 0.3 is 0 Å². The molecule has 96 valence electrons. The number of rotatable bonds is 3. The van der Waals surface area contributed by atoms with Crippen LogP contribution in [0.4, 0.5) is 0 Å². The predicted octanol–water partition coefficient (Wildman–Crippen LogP) is 2.38. The number of fused-ring (bicyclic) bond motifs is 1. The summed E-state index contributed by atoms with van der Waals surface area (Å²) in [6.07, 6.45) is 5.03. The molecule has 0 spiro atoms. The Kier molecular flexibility index (Phi) is 3.43. The number of aryl methyl sites for hydroxylation is 1. The van der Waals surface area contributed by atoms with Crippen LogP contribution in [0.2, 0.25) is 0 Å². The zero-order valence-corrected chi connectivity index (χ0v) is 11.3. The fourth-order valence-electron chi connectivity index (χ4n) is 2.22. The Bertz CT molecular complexity index is 534. The smallest absolute Gasteiger partial charge is 0.225 e. The lowest BCUT2D eigenvalue weighted by molar-refractivity contribution is 0.158. The lowest BCUT2D eigenvalue weighted by Gasteiger charge is -2.23. The third-order valence-corrected chi connectivity index (χ3v) is 4.44. The maximum absolute atomic E-state index is 6.04. The molecule has 1 fully saturated rings. The highest BCUT2D eigenvalue weighted by atomic mass is 32.1. The van der Waals surface area contributed by atoms with Gasteiger partial charge in [0.05, 0.1) is 5.39 Å². The van der Waals surface area contributed by atoms with Crippen molar-refractivity contribution >= 4 is 21.6 Å². The summed E-state index contributed by atoms with van der Waals surface area (Å²) in [5.41, 5.74) is 0. The van der Waals surface area contributed by atoms with Crippen LogP contribution in [-0.2, 0) is 6.42 Å². The van der Waals surface area contributed by atoms with Gasteiger partial charge in [0.1, 0.15) is 17.3 Å². The van der Waals surface area contributed by atoms with E-state index in [2.05, 4.69) is 28.3 Å². The summed E-state index contributed by atoms with van der Waals surface area (Å²) in [6.45, 7) is 4.22. The van der Waals surface area contributed by atoms with Gasteiger partial charge in [0, 0.05) is 4.88 Å². The van der Waals surface area contributed by atoms with Gasteiger partial charge in [-0.1, -0.05) is 6.92 Å². The number of aromatic nitrogens is 2. The minimum atomic E-state index is 0.286. The maximum atomic E-state index is 6.04. The average molecular weight is 263 g/mol. The first-order chi connectivity index (χ1) is 8.86. The standard InChI is InChI=1S/C13H17N3OS/c1-2-10-7-11-12(15-8-16-13(11)18-10)17-9-3-5-14-6-4-9/h7-9,14H,2-6H2,1H3. The Balaban J connectivity index is 1.88. The summed E-state index contributed by atoms with van der Waals surface area (Å²) in [6, 6.07) is 2.16. The van der Waals surface area contributed by atoms with Crippen LogP contribution in [0.5, 0.6) is 5.88 Å². The lowest BCUT2D eigenvalue weighted by atomic mass is 10.1. The first kappa shape index (κ1) is 11.9. The number of nitrogens with one attached hydrogen (secondary N) is 1. The van der Waals surface area contributed by atoms with E-state index in [9.17, 15) is 0 Å². The molecule has 1 N–H and O–H groups in total. The van der Waals surface area contributed by atoms with Crippen molar-refractivity contribution in [2.24, 2.45) is 0 Å². The minimum Gasteiger partial charge on any atom is -0.474 e. The van der Waals surface area contributed by atoms with E-state index in [-0.39, 0.29) is 6.10 Å². The Morgan fingerprint density at radius 3 is 3.00 bits per heavy atom. The van der Waals surface area contributed by atoms with Crippen LogP contribution in [-0.4, -0.2) is 29.2 Å². The van der Waals surface area contributed by atoms with Crippen molar-refractivity contribution in [1.82, 2.24) is 15.3 Å². The van der Waals surface area contributed by atoms with E-state index in [4.69, 9.17) is 4.74 Å². The van der Waals surface area contributed by atoms with Crippen molar-refractivity contribution in [3.8, 4) is 5.88 Å². The van der Waals surface area contributed by atoms with Crippen molar-refractivity contribution in [1.29, 1.82) is 0 Å². The van der Waals surface area contributed by atoms with E-state index in [0.29, 0.717) is 0 Å². The second-order valence-corrected chi connectivity index (χ2v) is 5.65. The Morgan fingerprint density at radius 2 is 2.22 bits per heavy atom. The molecule has 3 heterocycles. The Labute approximate surface area is 110 Å². The second kappa shape index (κ2) is 5.20. The highest BCUT2D eigenvalue weighted by molar-refractivity contribution is 7.18. The summed E-state index contributed by atoms with van der Waals surface area (Å²) in [5.74, 6) is 0.753. The van der Waals surface area contributed by atoms with Crippen molar-refractivity contribution < 1.29 is 4.74 Å². The SMILES string of the molecule is CCc1cc2c(OC3CCNCC3)ncnc2s1. The first-order valence-electron chi connectivity index (χ1n) is 6.47. The van der Waals surface area contributed by atoms with E-state index in [1.165, 1.54) is 4.88 Å². The molecule has 18 heavy (non-hydrogen) atoms. The summed E-state index contributed by atoms with van der Waals surface area (Å²) >= 11 is 1.73. The molecule has 0 radical (unpaired) electrons. The van der Waals surface area contributed by atoms with Crippen LogP contribution >= 0.6 is 11.3 Å². The van der Waals surface area contributed by atoms with Gasteiger partial charge in [0.25, 0.3) is 0 Å². The number of piperidine rings is 1. The van der Waals surface area contributed by atoms with Gasteiger partial charge in [0.2, 0.25) is 5.88 Å². The van der Waals surface area contributed by atoms with E-state index in [1.807, 2.05) is 0 Å². The molecular formula is C13H17N3OS. The van der Waals surface area contributed by atoms with Gasteiger partial charge in [-0.15, -0.1) is 11.3 Å². The van der Waals surface area contributed by atoms with Gasteiger partial charge in [-0.2, -0.15) is 0 Å². The molecule has 2 aromatic rings. The quantitative estimate of drug-likeness (QED) is 0.923. The average Bonchev–Trinajstić information content (AvgIpc) is 2.84. The third-order valence-electron chi connectivity index (χ3n) is 3.26. The van der Waals surface area contributed by atoms with Crippen LogP contribution < -0.4 is 10.1 Å². The molecule has 3 rings (SSSR count). The molecule has 2 aromatic heterocycles. The molecule has 0 atom stereocenters. The van der Waals surface area contributed by atoms with Gasteiger partial charge in [-0.05, 0) is 38.4 Å². The summed E-state index contributed by atoms with van der Waals surface area (Å²) in [5, 5.41) is 4.41. The topological polar surface area (TPSA) is 47.0 Å². The van der Waals surface area contributed by atoms with Crippen LogP contribution in [0.1, 0.15) is 24.6 Å². The minimum absolute atomic E-state index is 0.286.